The first-order chi connectivity index (χ1) is 17.0. The van der Waals surface area contributed by atoms with Crippen LogP contribution >= 0.6 is 11.6 Å². The maximum atomic E-state index is 13.7. The molecule has 0 spiro atoms. The highest BCUT2D eigenvalue weighted by Gasteiger charge is 2.33. The van der Waals surface area contributed by atoms with E-state index in [0.717, 1.165) is 37.4 Å². The minimum atomic E-state index is -0.0531. The summed E-state index contributed by atoms with van der Waals surface area (Å²) in [5.74, 6) is 0.178. The Bertz CT molecular complexity index is 1180. The van der Waals surface area contributed by atoms with E-state index in [0.29, 0.717) is 42.2 Å². The van der Waals surface area contributed by atoms with E-state index in [2.05, 4.69) is 11.9 Å². The van der Waals surface area contributed by atoms with E-state index in [1.165, 1.54) is 0 Å². The van der Waals surface area contributed by atoms with Gasteiger partial charge in [0.25, 0.3) is 5.91 Å². The number of benzene rings is 2. The number of rotatable bonds is 4. The van der Waals surface area contributed by atoms with E-state index < -0.39 is 0 Å². The molecule has 0 aliphatic carbocycles. The number of likely N-dealkylation sites (tertiary alicyclic amines) is 1. The van der Waals surface area contributed by atoms with Crippen molar-refractivity contribution in [1.82, 2.24) is 24.5 Å². The van der Waals surface area contributed by atoms with Crippen molar-refractivity contribution >= 4 is 23.4 Å². The van der Waals surface area contributed by atoms with Gasteiger partial charge in [-0.3, -0.25) is 9.59 Å². The average molecular weight is 492 g/mol. The molecule has 8 heteroatoms. The van der Waals surface area contributed by atoms with Gasteiger partial charge in [-0.15, -0.1) is 0 Å². The number of likely N-dealkylation sites (N-methyl/N-ethyl adjacent to an activating group) is 1. The van der Waals surface area contributed by atoms with E-state index >= 15 is 0 Å². The third-order valence-corrected chi connectivity index (χ3v) is 7.28. The van der Waals surface area contributed by atoms with Crippen LogP contribution in [0, 0.1) is 5.92 Å². The molecule has 2 amide bonds. The third-order valence-electron chi connectivity index (χ3n) is 7.03. The van der Waals surface area contributed by atoms with Gasteiger partial charge in [-0.25, -0.2) is 4.68 Å². The number of piperidine rings is 1. The number of para-hydroxylation sites is 1. The van der Waals surface area contributed by atoms with Crippen molar-refractivity contribution < 1.29 is 9.59 Å². The number of carbonyl (C=O) groups is 2. The van der Waals surface area contributed by atoms with Crippen molar-refractivity contribution in [2.45, 2.75) is 12.8 Å². The van der Waals surface area contributed by atoms with Gasteiger partial charge in [0.05, 0.1) is 11.3 Å². The Labute approximate surface area is 210 Å². The lowest BCUT2D eigenvalue weighted by molar-refractivity contribution is -0.138. The zero-order valence-corrected chi connectivity index (χ0v) is 20.7. The van der Waals surface area contributed by atoms with Crippen LogP contribution in [0.15, 0.2) is 60.8 Å². The minimum Gasteiger partial charge on any atom is -0.340 e. The molecule has 0 atom stereocenters. The van der Waals surface area contributed by atoms with Gasteiger partial charge in [0, 0.05) is 62.0 Å². The Balaban J connectivity index is 1.34. The van der Waals surface area contributed by atoms with Crippen LogP contribution in [0.25, 0.3) is 16.9 Å². The van der Waals surface area contributed by atoms with Crippen molar-refractivity contribution in [2.24, 2.45) is 5.92 Å². The molecule has 182 valence electrons. The molecule has 0 N–H and O–H groups in total. The highest BCUT2D eigenvalue weighted by molar-refractivity contribution is 6.30. The molecule has 2 aliphatic heterocycles. The van der Waals surface area contributed by atoms with Crippen LogP contribution in [-0.4, -0.2) is 82.6 Å². The largest absolute Gasteiger partial charge is 0.340 e. The zero-order chi connectivity index (χ0) is 24.4. The third kappa shape index (κ3) is 5.11. The first kappa shape index (κ1) is 23.6. The molecule has 0 bridgehead atoms. The van der Waals surface area contributed by atoms with Crippen molar-refractivity contribution in [3.63, 3.8) is 0 Å². The molecular weight excluding hydrogens is 462 g/mol. The molecule has 1 aromatic heterocycles. The second kappa shape index (κ2) is 10.2. The lowest BCUT2D eigenvalue weighted by Crippen LogP contribution is -2.51. The average Bonchev–Trinajstić information content (AvgIpc) is 3.35. The van der Waals surface area contributed by atoms with E-state index in [9.17, 15) is 9.59 Å². The summed E-state index contributed by atoms with van der Waals surface area (Å²) in [6.45, 7) is 4.55. The molecule has 2 saturated heterocycles. The number of amides is 2. The van der Waals surface area contributed by atoms with Crippen LogP contribution in [0.3, 0.4) is 0 Å². The molecule has 2 fully saturated rings. The van der Waals surface area contributed by atoms with E-state index in [1.54, 1.807) is 4.68 Å². The molecule has 2 aliphatic rings. The predicted octanol–water partition coefficient (Wildman–Crippen LogP) is 3.82. The maximum Gasteiger partial charge on any atom is 0.257 e. The van der Waals surface area contributed by atoms with Crippen LogP contribution in [-0.2, 0) is 4.79 Å². The Morgan fingerprint density at radius 3 is 2.17 bits per heavy atom. The molecule has 35 heavy (non-hydrogen) atoms. The maximum absolute atomic E-state index is 13.7. The van der Waals surface area contributed by atoms with Gasteiger partial charge in [0.15, 0.2) is 0 Å². The first-order valence-corrected chi connectivity index (χ1v) is 12.5. The van der Waals surface area contributed by atoms with Crippen molar-refractivity contribution in [3.05, 3.63) is 71.4 Å². The van der Waals surface area contributed by atoms with Gasteiger partial charge in [-0.2, -0.15) is 5.10 Å². The Kier molecular flexibility index (Phi) is 6.88. The molecule has 5 rings (SSSR count). The lowest BCUT2D eigenvalue weighted by atomic mass is 9.94. The van der Waals surface area contributed by atoms with Gasteiger partial charge in [-0.1, -0.05) is 41.9 Å². The lowest BCUT2D eigenvalue weighted by Gasteiger charge is -2.37. The summed E-state index contributed by atoms with van der Waals surface area (Å²) in [5, 5.41) is 5.40. The number of hydrogen-bond acceptors (Lipinski definition) is 4. The summed E-state index contributed by atoms with van der Waals surface area (Å²) < 4.78 is 1.75. The Morgan fingerprint density at radius 1 is 0.857 bits per heavy atom. The first-order valence-electron chi connectivity index (χ1n) is 12.2. The van der Waals surface area contributed by atoms with Crippen molar-refractivity contribution in [3.8, 4) is 16.9 Å². The fraction of sp³-hybridized carbons (Fsp3) is 0.370. The van der Waals surface area contributed by atoms with Crippen LogP contribution < -0.4 is 0 Å². The molecule has 2 aromatic carbocycles. The van der Waals surface area contributed by atoms with E-state index in [4.69, 9.17) is 16.7 Å². The second-order valence-electron chi connectivity index (χ2n) is 9.37. The standard InChI is InChI=1S/C27H30ClN5O2/c1-30-15-17-32(18-16-30)26(34)21-11-13-31(14-12-21)27(35)24-19-33(23-5-3-2-4-6-23)29-25(24)20-7-9-22(28)10-8-20/h2-10,19,21H,11-18H2,1H3. The molecule has 3 heterocycles. The fourth-order valence-corrected chi connectivity index (χ4v) is 4.98. The van der Waals surface area contributed by atoms with E-state index in [1.807, 2.05) is 70.6 Å². The van der Waals surface area contributed by atoms with Crippen LogP contribution in [0.1, 0.15) is 23.2 Å². The summed E-state index contributed by atoms with van der Waals surface area (Å²) in [4.78, 5) is 32.8. The predicted molar refractivity (Wildman–Crippen MR) is 137 cm³/mol. The van der Waals surface area contributed by atoms with Gasteiger partial charge >= 0.3 is 0 Å². The highest BCUT2D eigenvalue weighted by Crippen LogP contribution is 2.28. The summed E-state index contributed by atoms with van der Waals surface area (Å²) in [6, 6.07) is 17.2. The summed E-state index contributed by atoms with van der Waals surface area (Å²) >= 11 is 6.09. The quantitative estimate of drug-likeness (QED) is 0.556. The molecule has 0 radical (unpaired) electrons. The van der Waals surface area contributed by atoms with Crippen molar-refractivity contribution in [2.75, 3.05) is 46.3 Å². The number of aromatic nitrogens is 2. The topological polar surface area (TPSA) is 61.7 Å². The van der Waals surface area contributed by atoms with Crippen LogP contribution in [0.4, 0.5) is 0 Å². The van der Waals surface area contributed by atoms with Gasteiger partial charge in [0.2, 0.25) is 5.91 Å². The summed E-state index contributed by atoms with van der Waals surface area (Å²) in [5.41, 5.74) is 2.91. The SMILES string of the molecule is CN1CCN(C(=O)C2CCN(C(=O)c3cn(-c4ccccc4)nc3-c3ccc(Cl)cc3)CC2)CC1. The number of hydrogen-bond donors (Lipinski definition) is 0. The molecule has 0 unspecified atom stereocenters. The Morgan fingerprint density at radius 2 is 1.51 bits per heavy atom. The second-order valence-corrected chi connectivity index (χ2v) is 9.81. The Hall–Kier alpha value is -3.16. The zero-order valence-electron chi connectivity index (χ0n) is 19.9. The molecule has 3 aromatic rings. The number of halogens is 1. The highest BCUT2D eigenvalue weighted by atomic mass is 35.5. The number of nitrogens with zero attached hydrogens (tertiary/aromatic N) is 5. The number of piperazine rings is 1. The fourth-order valence-electron chi connectivity index (χ4n) is 4.85. The van der Waals surface area contributed by atoms with Crippen molar-refractivity contribution in [1.29, 1.82) is 0 Å². The normalized spacial score (nSPS) is 17.5. The monoisotopic (exact) mass is 491 g/mol. The molecule has 7 nitrogen and oxygen atoms in total. The smallest absolute Gasteiger partial charge is 0.257 e. The molecular formula is C27H30ClN5O2. The number of carbonyl (C=O) groups excluding carboxylic acids is 2. The minimum absolute atomic E-state index is 0.00904. The van der Waals surface area contributed by atoms with Crippen LogP contribution in [0.2, 0.25) is 5.02 Å². The summed E-state index contributed by atoms with van der Waals surface area (Å²) in [6.07, 6.45) is 3.20. The van der Waals surface area contributed by atoms with Gasteiger partial charge in [-0.05, 0) is 44.2 Å². The summed E-state index contributed by atoms with van der Waals surface area (Å²) in [7, 11) is 2.09. The van der Waals surface area contributed by atoms with Gasteiger partial charge < -0.3 is 14.7 Å². The van der Waals surface area contributed by atoms with Crippen LogP contribution in [0.5, 0.6) is 0 Å². The van der Waals surface area contributed by atoms with Gasteiger partial charge in [0.1, 0.15) is 5.69 Å². The molecule has 0 saturated carbocycles. The van der Waals surface area contributed by atoms with E-state index in [-0.39, 0.29) is 17.7 Å².